The summed E-state index contributed by atoms with van der Waals surface area (Å²) >= 11 is 3.78. The summed E-state index contributed by atoms with van der Waals surface area (Å²) in [5, 5.41) is 5.45. The van der Waals surface area contributed by atoms with Crippen LogP contribution in [-0.4, -0.2) is 13.5 Å². The Kier molecular flexibility index (Phi) is 10.1. The van der Waals surface area contributed by atoms with E-state index in [1.54, 1.807) is 0 Å². The Bertz CT molecular complexity index is 561. The zero-order chi connectivity index (χ0) is 16.9. The minimum atomic E-state index is 0.444. The lowest BCUT2D eigenvalue weighted by Gasteiger charge is -2.13. The summed E-state index contributed by atoms with van der Waals surface area (Å²) in [6, 6.07) is 10.9. The number of hydrogen-bond donors (Lipinski definition) is 4. The predicted octanol–water partition coefficient (Wildman–Crippen LogP) is 3.15. The molecule has 7 heteroatoms. The third kappa shape index (κ3) is 7.04. The lowest BCUT2D eigenvalue weighted by atomic mass is 10.1. The minimum Gasteiger partial charge on any atom is -0.387 e. The summed E-state index contributed by atoms with van der Waals surface area (Å²) in [6.45, 7) is 2.24. The molecule has 0 saturated carbocycles. The lowest BCUT2D eigenvalue weighted by molar-refractivity contribution is -0.110. The Labute approximate surface area is 146 Å². The Morgan fingerprint density at radius 1 is 1.30 bits per heavy atom. The molecule has 1 aromatic heterocycles. The van der Waals surface area contributed by atoms with Crippen molar-refractivity contribution in [2.75, 3.05) is 12.4 Å². The highest BCUT2D eigenvalue weighted by atomic mass is 32.2. The van der Waals surface area contributed by atoms with Gasteiger partial charge in [0.1, 0.15) is 0 Å². The van der Waals surface area contributed by atoms with Gasteiger partial charge in [-0.2, -0.15) is 5.53 Å². The van der Waals surface area contributed by atoms with Gasteiger partial charge in [-0.05, 0) is 29.5 Å². The number of rotatable bonds is 8. The monoisotopic (exact) mass is 352 g/mol. The van der Waals surface area contributed by atoms with E-state index >= 15 is 0 Å². The van der Waals surface area contributed by atoms with E-state index < -0.39 is 0 Å². The fourth-order valence-corrected chi connectivity index (χ4v) is 3.99. The molecule has 2 aromatic rings. The molecule has 1 aromatic carbocycles. The van der Waals surface area contributed by atoms with Crippen LogP contribution >= 0.6 is 23.1 Å². The number of thiophene rings is 1. The zero-order valence-electron chi connectivity index (χ0n) is 13.5. The van der Waals surface area contributed by atoms with Crippen molar-refractivity contribution < 1.29 is 4.79 Å². The van der Waals surface area contributed by atoms with Crippen molar-refractivity contribution in [1.82, 2.24) is 11.0 Å². The van der Waals surface area contributed by atoms with Gasteiger partial charge in [0.15, 0.2) is 0 Å². The van der Waals surface area contributed by atoms with Gasteiger partial charge in [0.25, 0.3) is 0 Å². The van der Waals surface area contributed by atoms with Gasteiger partial charge in [0, 0.05) is 28.3 Å². The van der Waals surface area contributed by atoms with Gasteiger partial charge in [-0.25, -0.2) is 0 Å². The molecule has 0 fully saturated rings. The average Bonchev–Trinajstić information content (AvgIpc) is 3.08. The average molecular weight is 353 g/mol. The standard InChI is InChI=1S/C15H19NS2.CH5N3O/c1-3-6-12-7-4-9-14(16-2)15(12)18-11-13-8-5-10-17-13;2-4-3-1-5/h4-5,7-10,16H,3,6,11H2,1-2H3;1,4H,2H2,(H,3,5). The first kappa shape index (κ1) is 19.5. The van der Waals surface area contributed by atoms with Crippen LogP contribution in [0.1, 0.15) is 23.8 Å². The van der Waals surface area contributed by atoms with Crippen LogP contribution in [0.25, 0.3) is 0 Å². The molecule has 0 aliphatic rings. The smallest absolute Gasteiger partial charge is 0.222 e. The summed E-state index contributed by atoms with van der Waals surface area (Å²) in [4.78, 5) is 12.0. The number of hydrazine groups is 2. The van der Waals surface area contributed by atoms with E-state index in [4.69, 9.17) is 4.79 Å². The molecular weight excluding hydrogens is 328 g/mol. The number of anilines is 1. The first-order chi connectivity index (χ1) is 11.3. The van der Waals surface area contributed by atoms with Crippen LogP contribution < -0.4 is 22.1 Å². The van der Waals surface area contributed by atoms with Gasteiger partial charge >= 0.3 is 0 Å². The van der Waals surface area contributed by atoms with Crippen molar-refractivity contribution in [3.05, 3.63) is 46.2 Å². The van der Waals surface area contributed by atoms with Gasteiger partial charge in [0.2, 0.25) is 6.41 Å². The summed E-state index contributed by atoms with van der Waals surface area (Å²) in [5.41, 5.74) is 6.57. The Hall–Kier alpha value is -1.54. The molecule has 126 valence electrons. The van der Waals surface area contributed by atoms with E-state index in [1.807, 2.05) is 41.1 Å². The molecule has 23 heavy (non-hydrogen) atoms. The predicted molar refractivity (Wildman–Crippen MR) is 100 cm³/mol. The molecule has 1 heterocycles. The second-order valence-electron chi connectivity index (χ2n) is 4.57. The SMILES string of the molecule is CCCc1cccc(NC)c1SCc1cccs1.NNNC=O. The van der Waals surface area contributed by atoms with Crippen LogP contribution in [0, 0.1) is 0 Å². The van der Waals surface area contributed by atoms with Crippen LogP contribution in [-0.2, 0) is 17.0 Å². The van der Waals surface area contributed by atoms with Crippen molar-refractivity contribution in [3.63, 3.8) is 0 Å². The van der Waals surface area contributed by atoms with E-state index in [1.165, 1.54) is 27.4 Å². The van der Waals surface area contributed by atoms with Crippen molar-refractivity contribution in [2.24, 2.45) is 5.84 Å². The zero-order valence-corrected chi connectivity index (χ0v) is 15.1. The Morgan fingerprint density at radius 2 is 2.13 bits per heavy atom. The Balaban J connectivity index is 0.000000463. The highest BCUT2D eigenvalue weighted by Gasteiger charge is 2.08. The third-order valence-electron chi connectivity index (χ3n) is 2.97. The van der Waals surface area contributed by atoms with E-state index in [-0.39, 0.29) is 0 Å². The second-order valence-corrected chi connectivity index (χ2v) is 6.59. The topological polar surface area (TPSA) is 79.2 Å². The van der Waals surface area contributed by atoms with Crippen LogP contribution in [0.4, 0.5) is 5.69 Å². The van der Waals surface area contributed by atoms with Crippen molar-refractivity contribution in [2.45, 2.75) is 30.4 Å². The molecule has 0 aliphatic carbocycles. The summed E-state index contributed by atoms with van der Waals surface area (Å²) in [7, 11) is 2.00. The molecule has 0 saturated heterocycles. The molecule has 0 aliphatic heterocycles. The van der Waals surface area contributed by atoms with E-state index in [2.05, 4.69) is 53.8 Å². The minimum absolute atomic E-state index is 0.444. The molecule has 0 atom stereocenters. The maximum Gasteiger partial charge on any atom is 0.222 e. The number of aryl methyl sites for hydroxylation is 1. The Morgan fingerprint density at radius 3 is 2.65 bits per heavy atom. The maximum atomic E-state index is 9.15. The van der Waals surface area contributed by atoms with Crippen LogP contribution in [0.15, 0.2) is 40.6 Å². The number of hydrogen-bond acceptors (Lipinski definition) is 6. The molecule has 1 amide bonds. The molecular formula is C16H24N4OS2. The third-order valence-corrected chi connectivity index (χ3v) is 5.25. The highest BCUT2D eigenvalue weighted by molar-refractivity contribution is 7.98. The molecule has 0 spiro atoms. The van der Waals surface area contributed by atoms with Gasteiger partial charge in [-0.15, -0.1) is 23.1 Å². The second kappa shape index (κ2) is 12.0. The molecule has 5 nitrogen and oxygen atoms in total. The van der Waals surface area contributed by atoms with Gasteiger partial charge < -0.3 is 5.32 Å². The number of carbonyl (C=O) groups excluding carboxylic acids is 1. The molecule has 0 unspecified atom stereocenters. The van der Waals surface area contributed by atoms with Gasteiger partial charge in [-0.3, -0.25) is 16.1 Å². The van der Waals surface area contributed by atoms with Gasteiger partial charge in [-0.1, -0.05) is 31.5 Å². The largest absolute Gasteiger partial charge is 0.387 e. The number of amides is 1. The number of thioether (sulfide) groups is 1. The van der Waals surface area contributed by atoms with Gasteiger partial charge in [0.05, 0.1) is 0 Å². The van der Waals surface area contributed by atoms with Crippen molar-refractivity contribution >= 4 is 35.2 Å². The van der Waals surface area contributed by atoms with Crippen LogP contribution in [0.2, 0.25) is 0 Å². The maximum absolute atomic E-state index is 9.15. The highest BCUT2D eigenvalue weighted by Crippen LogP contribution is 2.34. The van der Waals surface area contributed by atoms with Crippen molar-refractivity contribution in [3.8, 4) is 0 Å². The summed E-state index contributed by atoms with van der Waals surface area (Å²) < 4.78 is 0. The van der Waals surface area contributed by atoms with Crippen LogP contribution in [0.5, 0.6) is 0 Å². The number of nitrogens with two attached hydrogens (primary N) is 1. The lowest BCUT2D eigenvalue weighted by Crippen LogP contribution is -2.36. The first-order valence-corrected chi connectivity index (χ1v) is 9.22. The van der Waals surface area contributed by atoms with E-state index in [0.717, 1.165) is 12.2 Å². The fraction of sp³-hybridized carbons (Fsp3) is 0.312. The first-order valence-electron chi connectivity index (χ1n) is 7.36. The molecule has 0 radical (unpaired) electrons. The molecule has 2 rings (SSSR count). The molecule has 5 N–H and O–H groups in total. The normalized spacial score (nSPS) is 9.70. The number of nitrogens with one attached hydrogen (secondary N) is 3. The fourth-order valence-electron chi connectivity index (χ4n) is 1.99. The van der Waals surface area contributed by atoms with Crippen LogP contribution in [0.3, 0.4) is 0 Å². The number of benzene rings is 1. The van der Waals surface area contributed by atoms with Crippen molar-refractivity contribution in [1.29, 1.82) is 0 Å². The van der Waals surface area contributed by atoms with E-state index in [0.29, 0.717) is 6.41 Å². The quantitative estimate of drug-likeness (QED) is 0.254. The number of carbonyl (C=O) groups is 1. The summed E-state index contributed by atoms with van der Waals surface area (Å²) in [6.07, 6.45) is 2.79. The van der Waals surface area contributed by atoms with E-state index in [9.17, 15) is 0 Å². The summed E-state index contributed by atoms with van der Waals surface area (Å²) in [5.74, 6) is 5.61. The molecule has 0 bridgehead atoms.